The van der Waals surface area contributed by atoms with Crippen molar-refractivity contribution >= 4 is 5.97 Å². The molecule has 0 fully saturated rings. The predicted molar refractivity (Wildman–Crippen MR) is 139 cm³/mol. The SMILES string of the molecule is C=CC(=O)Oc1ccc(C(C)(C)CC)cc1C(C)c1cc(C(C)(C)C)cc(C(C)(C)C)c1O. The van der Waals surface area contributed by atoms with Crippen LogP contribution in [0.3, 0.4) is 0 Å². The highest BCUT2D eigenvalue weighted by Gasteiger charge is 2.29. The van der Waals surface area contributed by atoms with E-state index in [0.29, 0.717) is 11.5 Å². The smallest absolute Gasteiger partial charge is 0.335 e. The Morgan fingerprint density at radius 3 is 2.03 bits per heavy atom. The molecule has 0 heterocycles. The lowest BCUT2D eigenvalue weighted by Gasteiger charge is -2.30. The van der Waals surface area contributed by atoms with Crippen molar-refractivity contribution in [2.45, 2.75) is 97.8 Å². The summed E-state index contributed by atoms with van der Waals surface area (Å²) in [7, 11) is 0. The summed E-state index contributed by atoms with van der Waals surface area (Å²) in [6.07, 6.45) is 2.15. The summed E-state index contributed by atoms with van der Waals surface area (Å²) in [6.45, 7) is 25.1. The Balaban J connectivity index is 2.82. The number of carbonyl (C=O) groups is 1. The second-order valence-corrected chi connectivity index (χ2v) is 11.8. The average Bonchev–Trinajstić information content (AvgIpc) is 2.71. The van der Waals surface area contributed by atoms with Crippen LogP contribution < -0.4 is 4.74 Å². The molecule has 3 heteroatoms. The summed E-state index contributed by atoms with van der Waals surface area (Å²) in [6, 6.07) is 10.2. The van der Waals surface area contributed by atoms with Gasteiger partial charge in [0.1, 0.15) is 11.5 Å². The molecule has 0 amide bonds. The number of hydrogen-bond donors (Lipinski definition) is 1. The van der Waals surface area contributed by atoms with Gasteiger partial charge in [0.05, 0.1) is 0 Å². The highest BCUT2D eigenvalue weighted by atomic mass is 16.5. The van der Waals surface area contributed by atoms with E-state index < -0.39 is 5.97 Å². The van der Waals surface area contributed by atoms with Crippen LogP contribution in [0.15, 0.2) is 43.0 Å². The molecular formula is C30H42O3. The standard InChI is InChI=1S/C30H42O3/c1-12-26(31)33-25-15-14-20(30(10,11)13-2)16-22(25)19(3)23-17-21(28(4,5)6)18-24(27(23)32)29(7,8)9/h12,14-19,32H,1,13H2,2-11H3. The molecule has 0 saturated heterocycles. The van der Waals surface area contributed by atoms with Gasteiger partial charge in [-0.3, -0.25) is 0 Å². The molecule has 2 aromatic rings. The van der Waals surface area contributed by atoms with Gasteiger partial charge in [-0.25, -0.2) is 4.79 Å². The van der Waals surface area contributed by atoms with E-state index in [0.717, 1.165) is 23.1 Å². The normalized spacial score (nSPS) is 13.5. The first-order valence-electron chi connectivity index (χ1n) is 11.9. The van der Waals surface area contributed by atoms with Crippen LogP contribution in [0.1, 0.15) is 109 Å². The molecule has 33 heavy (non-hydrogen) atoms. The minimum atomic E-state index is -0.492. The number of rotatable bonds is 6. The van der Waals surface area contributed by atoms with Gasteiger partial charge in [-0.05, 0) is 45.4 Å². The van der Waals surface area contributed by atoms with Crippen LogP contribution in [-0.2, 0) is 21.0 Å². The first-order valence-corrected chi connectivity index (χ1v) is 11.9. The van der Waals surface area contributed by atoms with Gasteiger partial charge in [0.2, 0.25) is 0 Å². The number of ether oxygens (including phenoxy) is 1. The van der Waals surface area contributed by atoms with Crippen LogP contribution in [0.2, 0.25) is 0 Å². The molecule has 0 radical (unpaired) electrons. The zero-order chi connectivity index (χ0) is 25.4. The topological polar surface area (TPSA) is 46.5 Å². The quantitative estimate of drug-likeness (QED) is 0.276. The van der Waals surface area contributed by atoms with Crippen LogP contribution >= 0.6 is 0 Å². The number of benzene rings is 2. The lowest BCUT2D eigenvalue weighted by atomic mass is 9.76. The number of phenolic OH excluding ortho intramolecular Hbond substituents is 1. The molecule has 0 spiro atoms. The van der Waals surface area contributed by atoms with Crippen molar-refractivity contribution in [3.63, 3.8) is 0 Å². The van der Waals surface area contributed by atoms with E-state index in [2.05, 4.69) is 94.0 Å². The van der Waals surface area contributed by atoms with Crippen molar-refractivity contribution in [2.75, 3.05) is 0 Å². The Kier molecular flexibility index (Phi) is 7.58. The summed E-state index contributed by atoms with van der Waals surface area (Å²) >= 11 is 0. The van der Waals surface area contributed by atoms with Crippen molar-refractivity contribution in [1.29, 1.82) is 0 Å². The molecule has 1 atom stereocenters. The number of carbonyl (C=O) groups excluding carboxylic acids is 1. The van der Waals surface area contributed by atoms with Gasteiger partial charge < -0.3 is 9.84 Å². The number of hydrogen-bond acceptors (Lipinski definition) is 3. The van der Waals surface area contributed by atoms with Crippen LogP contribution in [0, 0.1) is 0 Å². The Morgan fingerprint density at radius 2 is 1.55 bits per heavy atom. The molecule has 0 bridgehead atoms. The number of esters is 1. The lowest BCUT2D eigenvalue weighted by molar-refractivity contribution is -0.129. The third-order valence-electron chi connectivity index (χ3n) is 6.80. The van der Waals surface area contributed by atoms with Crippen LogP contribution in [0.5, 0.6) is 11.5 Å². The monoisotopic (exact) mass is 450 g/mol. The van der Waals surface area contributed by atoms with Gasteiger partial charge in [-0.2, -0.15) is 0 Å². The highest BCUT2D eigenvalue weighted by Crippen LogP contribution is 2.44. The summed E-state index contributed by atoms with van der Waals surface area (Å²) < 4.78 is 5.63. The predicted octanol–water partition coefficient (Wildman–Crippen LogP) is 7.92. The van der Waals surface area contributed by atoms with Crippen molar-refractivity contribution in [1.82, 2.24) is 0 Å². The fourth-order valence-electron chi connectivity index (χ4n) is 3.91. The van der Waals surface area contributed by atoms with Gasteiger partial charge in [-0.1, -0.05) is 100 Å². The van der Waals surface area contributed by atoms with Crippen LogP contribution in [-0.4, -0.2) is 11.1 Å². The van der Waals surface area contributed by atoms with Crippen molar-refractivity contribution in [3.8, 4) is 11.5 Å². The van der Waals surface area contributed by atoms with E-state index in [-0.39, 0.29) is 22.2 Å². The first kappa shape index (κ1) is 26.7. The van der Waals surface area contributed by atoms with Crippen LogP contribution in [0.4, 0.5) is 0 Å². The molecule has 2 aromatic carbocycles. The Labute approximate surface area is 200 Å². The summed E-state index contributed by atoms with van der Waals surface area (Å²) in [5.74, 6) is 0.132. The molecule has 0 saturated carbocycles. The number of aromatic hydroxyl groups is 1. The largest absolute Gasteiger partial charge is 0.507 e. The summed E-state index contributed by atoms with van der Waals surface area (Å²) in [5, 5.41) is 11.4. The second kappa shape index (κ2) is 9.37. The third-order valence-corrected chi connectivity index (χ3v) is 6.80. The third kappa shape index (κ3) is 5.88. The molecule has 1 unspecified atom stereocenters. The van der Waals surface area contributed by atoms with Crippen LogP contribution in [0.25, 0.3) is 0 Å². The molecular weight excluding hydrogens is 408 g/mol. The molecule has 0 aliphatic heterocycles. The Morgan fingerprint density at radius 1 is 0.970 bits per heavy atom. The second-order valence-electron chi connectivity index (χ2n) is 11.8. The minimum absolute atomic E-state index is 0.0265. The minimum Gasteiger partial charge on any atom is -0.507 e. The molecule has 1 N–H and O–H groups in total. The van der Waals surface area contributed by atoms with Gasteiger partial charge in [0.15, 0.2) is 0 Å². The van der Waals surface area contributed by atoms with Gasteiger partial charge in [-0.15, -0.1) is 0 Å². The summed E-state index contributed by atoms with van der Waals surface area (Å²) in [5.41, 5.74) is 4.67. The Bertz CT molecular complexity index is 1030. The van der Waals surface area contributed by atoms with E-state index in [1.54, 1.807) is 0 Å². The number of phenols is 1. The van der Waals surface area contributed by atoms with E-state index in [1.165, 1.54) is 17.2 Å². The fraction of sp³-hybridized carbons (Fsp3) is 0.500. The molecule has 0 aliphatic rings. The maximum Gasteiger partial charge on any atom is 0.335 e. The summed E-state index contributed by atoms with van der Waals surface area (Å²) in [4.78, 5) is 12.1. The molecule has 3 nitrogen and oxygen atoms in total. The first-order chi connectivity index (χ1) is 15.0. The van der Waals surface area contributed by atoms with Crippen molar-refractivity contribution < 1.29 is 14.6 Å². The van der Waals surface area contributed by atoms with Gasteiger partial charge in [0.25, 0.3) is 0 Å². The van der Waals surface area contributed by atoms with E-state index in [9.17, 15) is 9.90 Å². The zero-order valence-electron chi connectivity index (χ0n) is 22.2. The van der Waals surface area contributed by atoms with Gasteiger partial charge in [0, 0.05) is 23.1 Å². The molecule has 0 aliphatic carbocycles. The Hall–Kier alpha value is -2.55. The lowest BCUT2D eigenvalue weighted by Crippen LogP contribution is -2.19. The maximum atomic E-state index is 12.1. The van der Waals surface area contributed by atoms with Crippen molar-refractivity contribution in [2.24, 2.45) is 0 Å². The van der Waals surface area contributed by atoms with Crippen molar-refractivity contribution in [3.05, 3.63) is 70.8 Å². The zero-order valence-corrected chi connectivity index (χ0v) is 22.2. The maximum absolute atomic E-state index is 12.1. The molecule has 2 rings (SSSR count). The van der Waals surface area contributed by atoms with E-state index in [4.69, 9.17) is 4.74 Å². The highest BCUT2D eigenvalue weighted by molar-refractivity contribution is 5.83. The molecule has 0 aromatic heterocycles. The van der Waals surface area contributed by atoms with Gasteiger partial charge >= 0.3 is 5.97 Å². The molecule has 180 valence electrons. The van der Waals surface area contributed by atoms with E-state index >= 15 is 0 Å². The average molecular weight is 451 g/mol. The fourth-order valence-corrected chi connectivity index (χ4v) is 3.91. The van der Waals surface area contributed by atoms with E-state index in [1.807, 2.05) is 12.1 Å².